The minimum absolute atomic E-state index is 0.0208. The van der Waals surface area contributed by atoms with Gasteiger partial charge in [-0.05, 0) is 12.8 Å². The van der Waals surface area contributed by atoms with Gasteiger partial charge in [0.05, 0.1) is 0 Å². The smallest absolute Gasteiger partial charge is 0.246 e. The Morgan fingerprint density at radius 2 is 1.64 bits per heavy atom. The fourth-order valence-electron chi connectivity index (χ4n) is 0.931. The molecule has 0 aromatic rings. The third-order valence-corrected chi connectivity index (χ3v) is 4.20. The van der Waals surface area contributed by atoms with Crippen molar-refractivity contribution in [1.29, 1.82) is 0 Å². The predicted molar refractivity (Wildman–Crippen MR) is 55.0 cm³/mol. The topological polar surface area (TPSA) is 98.3 Å². The van der Waals surface area contributed by atoms with Crippen LogP contribution in [-0.2, 0) is 0 Å². The van der Waals surface area contributed by atoms with Crippen LogP contribution >= 0.6 is 10.6 Å². The summed E-state index contributed by atoms with van der Waals surface area (Å²) in [6.45, 7) is 3.81. The first-order chi connectivity index (χ1) is 6.51. The average molecular weight is 225 g/mol. The molecule has 0 amide bonds. The molecule has 0 aromatic carbocycles. The lowest BCUT2D eigenvalue weighted by Gasteiger charge is -2.20. The average Bonchev–Trinajstić information content (AvgIpc) is 2.11. The van der Waals surface area contributed by atoms with E-state index in [1.807, 2.05) is 6.92 Å². The van der Waals surface area contributed by atoms with E-state index in [1.165, 1.54) is 0 Å². The highest BCUT2D eigenvalue weighted by Crippen LogP contribution is 2.44. The number of nitro groups is 2. The molecule has 0 aliphatic rings. The molecule has 8 heteroatoms. The van der Waals surface area contributed by atoms with Crippen LogP contribution in [0.1, 0.15) is 26.7 Å². The van der Waals surface area contributed by atoms with Crippen molar-refractivity contribution in [2.45, 2.75) is 26.7 Å². The van der Waals surface area contributed by atoms with Crippen molar-refractivity contribution in [3.05, 3.63) is 20.2 Å². The molecule has 0 spiro atoms. The van der Waals surface area contributed by atoms with Crippen molar-refractivity contribution in [3.63, 3.8) is 0 Å². The lowest BCUT2D eigenvalue weighted by Crippen LogP contribution is -2.35. The van der Waals surface area contributed by atoms with Crippen molar-refractivity contribution in [1.82, 2.24) is 4.72 Å². The number of hydrogen-bond donors (Lipinski definition) is 1. The van der Waals surface area contributed by atoms with Gasteiger partial charge in [0.1, 0.15) is 5.75 Å². The largest absolute Gasteiger partial charge is 0.347 e. The molecule has 7 nitrogen and oxygen atoms in total. The first-order valence-corrected chi connectivity index (χ1v) is 6.07. The Bertz CT molecular complexity index is 209. The summed E-state index contributed by atoms with van der Waals surface area (Å²) in [6.07, 6.45) is 1.06. The molecule has 0 rings (SSSR count). The summed E-state index contributed by atoms with van der Waals surface area (Å²) in [5.74, 6) is -0.0208. The van der Waals surface area contributed by atoms with E-state index in [9.17, 15) is 20.2 Å². The molecule has 84 valence electrons. The summed E-state index contributed by atoms with van der Waals surface area (Å²) in [5, 5.41) is 21.4. The highest BCUT2D eigenvalue weighted by atomic mass is 32.3. The standard InChI is InChI=1S/C6H15N3O4S/c1-3-5-7-14(6-4-2,8(10)11)9(12)13/h7H,3-6H2,1-2H3. The van der Waals surface area contributed by atoms with E-state index in [0.29, 0.717) is 19.4 Å². The maximum atomic E-state index is 10.7. The lowest BCUT2D eigenvalue weighted by molar-refractivity contribution is -0.413. The fourth-order valence-corrected chi connectivity index (χ4v) is 2.79. The van der Waals surface area contributed by atoms with Crippen LogP contribution in [0.5, 0.6) is 0 Å². The molecule has 0 aliphatic carbocycles. The third-order valence-electron chi connectivity index (χ3n) is 1.57. The van der Waals surface area contributed by atoms with Crippen LogP contribution in [0.15, 0.2) is 0 Å². The van der Waals surface area contributed by atoms with Gasteiger partial charge in [0.2, 0.25) is 0 Å². The van der Waals surface area contributed by atoms with Gasteiger partial charge < -0.3 is 0 Å². The van der Waals surface area contributed by atoms with E-state index >= 15 is 0 Å². The Kier molecular flexibility index (Phi) is 5.39. The first-order valence-electron chi connectivity index (χ1n) is 4.36. The van der Waals surface area contributed by atoms with Gasteiger partial charge in [-0.2, -0.15) is 4.72 Å². The van der Waals surface area contributed by atoms with Crippen molar-refractivity contribution < 1.29 is 8.66 Å². The Labute approximate surface area is 83.9 Å². The highest BCUT2D eigenvalue weighted by Gasteiger charge is 2.48. The maximum absolute atomic E-state index is 10.7. The molecule has 0 atom stereocenters. The Morgan fingerprint density at radius 1 is 1.14 bits per heavy atom. The van der Waals surface area contributed by atoms with Gasteiger partial charge in [-0.15, -0.1) is 0 Å². The summed E-state index contributed by atoms with van der Waals surface area (Å²) in [5.41, 5.74) is 0. The molecule has 0 aromatic heterocycles. The summed E-state index contributed by atoms with van der Waals surface area (Å²) < 4.78 is 0.925. The zero-order valence-corrected chi connectivity index (χ0v) is 9.08. The highest BCUT2D eigenvalue weighted by molar-refractivity contribution is 8.21. The molecule has 0 saturated heterocycles. The number of nitrogens with one attached hydrogen (secondary N) is 1. The fraction of sp³-hybridized carbons (Fsp3) is 1.00. The number of hydrogen-bond acceptors (Lipinski definition) is 5. The van der Waals surface area contributed by atoms with E-state index in [2.05, 4.69) is 4.72 Å². The predicted octanol–water partition coefficient (Wildman–Crippen LogP) is 1.50. The Morgan fingerprint density at radius 3 is 1.93 bits per heavy atom. The molecule has 0 aliphatic heterocycles. The molecule has 14 heavy (non-hydrogen) atoms. The van der Waals surface area contributed by atoms with Crippen LogP contribution in [-0.4, -0.2) is 21.0 Å². The van der Waals surface area contributed by atoms with Gasteiger partial charge in [-0.1, -0.05) is 13.8 Å². The van der Waals surface area contributed by atoms with E-state index in [-0.39, 0.29) is 5.75 Å². The Hall–Kier alpha value is -0.890. The van der Waals surface area contributed by atoms with Gasteiger partial charge in [0.15, 0.2) is 8.66 Å². The zero-order valence-electron chi connectivity index (χ0n) is 8.26. The van der Waals surface area contributed by atoms with Crippen LogP contribution in [0.25, 0.3) is 0 Å². The van der Waals surface area contributed by atoms with Crippen LogP contribution in [0.2, 0.25) is 0 Å². The van der Waals surface area contributed by atoms with Crippen LogP contribution in [0, 0.1) is 20.2 Å². The summed E-state index contributed by atoms with van der Waals surface area (Å²) in [7, 11) is -3.15. The molecule has 0 radical (unpaired) electrons. The van der Waals surface area contributed by atoms with Gasteiger partial charge in [-0.3, -0.25) is 0 Å². The van der Waals surface area contributed by atoms with Crippen molar-refractivity contribution in [2.24, 2.45) is 0 Å². The van der Waals surface area contributed by atoms with Gasteiger partial charge in [-0.25, -0.2) is 20.2 Å². The molecule has 0 unspecified atom stereocenters. The van der Waals surface area contributed by atoms with Crippen molar-refractivity contribution >= 4 is 10.6 Å². The second kappa shape index (κ2) is 5.76. The molecule has 0 bridgehead atoms. The SMILES string of the molecule is CCCNS(CCC)([N+](=O)[O-])[N+](=O)[O-]. The maximum Gasteiger partial charge on any atom is 0.347 e. The third kappa shape index (κ3) is 2.81. The zero-order chi connectivity index (χ0) is 11.2. The van der Waals surface area contributed by atoms with Gasteiger partial charge >= 0.3 is 10.6 Å². The molecular formula is C6H15N3O4S. The summed E-state index contributed by atoms with van der Waals surface area (Å²) in [6, 6.07) is 0. The second-order valence-corrected chi connectivity index (χ2v) is 5.34. The van der Waals surface area contributed by atoms with E-state index < -0.39 is 19.2 Å². The lowest BCUT2D eigenvalue weighted by atomic mass is 10.5. The van der Waals surface area contributed by atoms with Crippen molar-refractivity contribution in [2.75, 3.05) is 12.3 Å². The first kappa shape index (κ1) is 13.1. The molecule has 1 N–H and O–H groups in total. The van der Waals surface area contributed by atoms with Crippen LogP contribution < -0.4 is 4.72 Å². The van der Waals surface area contributed by atoms with E-state index in [1.54, 1.807) is 6.92 Å². The van der Waals surface area contributed by atoms with E-state index in [0.717, 1.165) is 0 Å². The van der Waals surface area contributed by atoms with Crippen molar-refractivity contribution in [3.8, 4) is 0 Å². The molecular weight excluding hydrogens is 210 g/mol. The second-order valence-electron chi connectivity index (χ2n) is 2.71. The quantitative estimate of drug-likeness (QED) is 0.523. The summed E-state index contributed by atoms with van der Waals surface area (Å²) >= 11 is 0. The monoisotopic (exact) mass is 225 g/mol. The molecule has 0 fully saturated rings. The molecule has 0 saturated carbocycles. The minimum atomic E-state index is -3.15. The molecule has 0 heterocycles. The number of nitrogens with zero attached hydrogens (tertiary/aromatic N) is 2. The summed E-state index contributed by atoms with van der Waals surface area (Å²) in [4.78, 5) is 21.4. The minimum Gasteiger partial charge on any atom is -0.246 e. The van der Waals surface area contributed by atoms with Gasteiger partial charge in [0.25, 0.3) is 0 Å². The van der Waals surface area contributed by atoms with Gasteiger partial charge in [0, 0.05) is 6.54 Å². The van der Waals surface area contributed by atoms with Crippen LogP contribution in [0.3, 0.4) is 0 Å². The normalized spacial score (nSPS) is 12.4. The number of rotatable bonds is 7. The van der Waals surface area contributed by atoms with Crippen LogP contribution in [0.4, 0.5) is 0 Å². The van der Waals surface area contributed by atoms with E-state index in [4.69, 9.17) is 0 Å². The Balaban J connectivity index is 4.75.